The topological polar surface area (TPSA) is 97.0 Å². The van der Waals surface area contributed by atoms with Crippen LogP contribution in [0.2, 0.25) is 0 Å². The second-order valence-electron chi connectivity index (χ2n) is 4.03. The van der Waals surface area contributed by atoms with Gasteiger partial charge in [-0.3, -0.25) is 0 Å². The summed E-state index contributed by atoms with van der Waals surface area (Å²) in [4.78, 5) is 3.79. The molecule has 0 aliphatic heterocycles. The van der Waals surface area contributed by atoms with Crippen LogP contribution in [0.15, 0.2) is 23.4 Å². The van der Waals surface area contributed by atoms with Crippen LogP contribution in [0.3, 0.4) is 0 Å². The average Bonchev–Trinajstić information content (AvgIpc) is 2.84. The molecule has 1 aromatic heterocycles. The molecule has 19 heavy (non-hydrogen) atoms. The fourth-order valence-corrected chi connectivity index (χ4v) is 2.77. The second-order valence-corrected chi connectivity index (χ2v) is 5.68. The molecule has 0 unspecified atom stereocenters. The first-order valence-electron chi connectivity index (χ1n) is 5.47. The van der Waals surface area contributed by atoms with Gasteiger partial charge in [0.1, 0.15) is 17.0 Å². The van der Waals surface area contributed by atoms with Gasteiger partial charge in [0.25, 0.3) is 10.0 Å². The lowest BCUT2D eigenvalue weighted by molar-refractivity contribution is 0.402. The van der Waals surface area contributed by atoms with E-state index in [1.165, 1.54) is 13.4 Å². The minimum atomic E-state index is -3.77. The Labute approximate surface area is 111 Å². The highest BCUT2D eigenvalue weighted by molar-refractivity contribution is 7.92. The van der Waals surface area contributed by atoms with Crippen molar-refractivity contribution in [2.75, 3.05) is 11.8 Å². The molecule has 0 atom stereocenters. The van der Waals surface area contributed by atoms with E-state index in [0.29, 0.717) is 0 Å². The molecule has 0 saturated heterocycles. The summed E-state index contributed by atoms with van der Waals surface area (Å²) >= 11 is 0. The Morgan fingerprint density at radius 3 is 2.53 bits per heavy atom. The Bertz CT molecular complexity index is 680. The maximum Gasteiger partial charge on any atom is 0.267 e. The number of ether oxygens (including phenoxy) is 1. The van der Waals surface area contributed by atoms with Crippen LogP contribution >= 0.6 is 0 Å². The van der Waals surface area contributed by atoms with Crippen LogP contribution in [0.1, 0.15) is 11.1 Å². The lowest BCUT2D eigenvalue weighted by Gasteiger charge is -2.12. The van der Waals surface area contributed by atoms with Crippen molar-refractivity contribution in [3.63, 3.8) is 0 Å². The minimum Gasteiger partial charge on any atom is -0.495 e. The van der Waals surface area contributed by atoms with Crippen LogP contribution in [0, 0.1) is 13.8 Å². The third-order valence-electron chi connectivity index (χ3n) is 2.72. The number of anilines is 1. The predicted molar refractivity (Wildman–Crippen MR) is 69.7 cm³/mol. The third-order valence-corrected chi connectivity index (χ3v) is 4.08. The molecule has 0 spiro atoms. The van der Waals surface area contributed by atoms with Gasteiger partial charge in [-0.25, -0.2) is 18.2 Å². The van der Waals surface area contributed by atoms with Gasteiger partial charge in [0, 0.05) is 0 Å². The Morgan fingerprint density at radius 2 is 1.95 bits per heavy atom. The van der Waals surface area contributed by atoms with Crippen molar-refractivity contribution in [2.45, 2.75) is 18.7 Å². The van der Waals surface area contributed by atoms with Gasteiger partial charge >= 0.3 is 0 Å². The molecule has 1 aromatic carbocycles. The largest absolute Gasteiger partial charge is 0.495 e. The van der Waals surface area contributed by atoms with Gasteiger partial charge in [-0.05, 0) is 37.1 Å². The number of H-pyrrole nitrogens is 1. The lowest BCUT2D eigenvalue weighted by Crippen LogP contribution is -2.15. The SMILES string of the molecule is COc1cc(C)c(C)cc1S(=O)(=O)Nc1ncn[nH]1. The smallest absolute Gasteiger partial charge is 0.267 e. The van der Waals surface area contributed by atoms with Gasteiger partial charge in [0.15, 0.2) is 0 Å². The summed E-state index contributed by atoms with van der Waals surface area (Å²) in [7, 11) is -2.35. The molecule has 0 bridgehead atoms. The molecule has 2 aromatic rings. The van der Waals surface area contributed by atoms with Crippen molar-refractivity contribution in [1.29, 1.82) is 0 Å². The van der Waals surface area contributed by atoms with E-state index in [-0.39, 0.29) is 16.6 Å². The molecule has 0 fully saturated rings. The number of hydrogen-bond acceptors (Lipinski definition) is 5. The van der Waals surface area contributed by atoms with Crippen LogP contribution < -0.4 is 9.46 Å². The van der Waals surface area contributed by atoms with Crippen LogP contribution in [-0.4, -0.2) is 30.7 Å². The number of rotatable bonds is 4. The van der Waals surface area contributed by atoms with E-state index >= 15 is 0 Å². The monoisotopic (exact) mass is 282 g/mol. The Kier molecular flexibility index (Phi) is 3.43. The number of hydrogen-bond donors (Lipinski definition) is 2. The van der Waals surface area contributed by atoms with E-state index in [1.807, 2.05) is 13.8 Å². The maximum absolute atomic E-state index is 12.3. The van der Waals surface area contributed by atoms with Gasteiger partial charge in [-0.2, -0.15) is 10.1 Å². The average molecular weight is 282 g/mol. The number of aromatic nitrogens is 3. The van der Waals surface area contributed by atoms with Crippen LogP contribution in [-0.2, 0) is 10.0 Å². The summed E-state index contributed by atoms with van der Waals surface area (Å²) in [6.45, 7) is 3.72. The van der Waals surface area contributed by atoms with Crippen molar-refractivity contribution in [3.8, 4) is 5.75 Å². The maximum atomic E-state index is 12.3. The number of aryl methyl sites for hydroxylation is 2. The predicted octanol–water partition coefficient (Wildman–Crippen LogP) is 1.23. The van der Waals surface area contributed by atoms with Crippen molar-refractivity contribution < 1.29 is 13.2 Å². The van der Waals surface area contributed by atoms with Crippen molar-refractivity contribution in [1.82, 2.24) is 15.2 Å². The third kappa shape index (κ3) is 2.68. The van der Waals surface area contributed by atoms with Gasteiger partial charge in [-0.15, -0.1) is 0 Å². The molecule has 8 heteroatoms. The molecule has 7 nitrogen and oxygen atoms in total. The van der Waals surface area contributed by atoms with Gasteiger partial charge in [0.2, 0.25) is 5.95 Å². The summed E-state index contributed by atoms with van der Waals surface area (Å²) in [5.74, 6) is 0.343. The standard InChI is InChI=1S/C11H14N4O3S/c1-7-4-9(18-3)10(5-8(7)2)19(16,17)15-11-12-6-13-14-11/h4-6H,1-3H3,(H2,12,13,14,15). The molecule has 0 aliphatic rings. The highest BCUT2D eigenvalue weighted by atomic mass is 32.2. The molecule has 102 valence electrons. The molecule has 1 heterocycles. The Morgan fingerprint density at radius 1 is 1.26 bits per heavy atom. The van der Waals surface area contributed by atoms with Crippen molar-refractivity contribution in [3.05, 3.63) is 29.6 Å². The summed E-state index contributed by atoms with van der Waals surface area (Å²) in [5.41, 5.74) is 1.81. The number of benzene rings is 1. The van der Waals surface area contributed by atoms with Gasteiger partial charge < -0.3 is 4.74 Å². The summed E-state index contributed by atoms with van der Waals surface area (Å²) < 4.78 is 31.9. The van der Waals surface area contributed by atoms with Crippen LogP contribution in [0.5, 0.6) is 5.75 Å². The summed E-state index contributed by atoms with van der Waals surface area (Å²) in [6.07, 6.45) is 1.22. The fourth-order valence-electron chi connectivity index (χ4n) is 1.57. The molecule has 0 amide bonds. The van der Waals surface area contributed by atoms with Gasteiger partial charge in [-0.1, -0.05) is 0 Å². The van der Waals surface area contributed by atoms with Gasteiger partial charge in [0.05, 0.1) is 7.11 Å². The van der Waals surface area contributed by atoms with Crippen LogP contribution in [0.25, 0.3) is 0 Å². The molecular formula is C11H14N4O3S. The van der Waals surface area contributed by atoms with Crippen molar-refractivity contribution in [2.24, 2.45) is 0 Å². The number of methoxy groups -OCH3 is 1. The summed E-state index contributed by atoms with van der Waals surface area (Å²) in [5, 5.41) is 6.01. The minimum absolute atomic E-state index is 0.0558. The first-order valence-corrected chi connectivity index (χ1v) is 6.96. The van der Waals surface area contributed by atoms with E-state index in [0.717, 1.165) is 11.1 Å². The molecule has 0 radical (unpaired) electrons. The highest BCUT2D eigenvalue weighted by Crippen LogP contribution is 2.28. The Balaban J connectivity index is 2.48. The zero-order valence-corrected chi connectivity index (χ0v) is 11.6. The summed E-state index contributed by atoms with van der Waals surface area (Å²) in [6, 6.07) is 3.25. The fraction of sp³-hybridized carbons (Fsp3) is 0.273. The van der Waals surface area contributed by atoms with E-state index in [1.54, 1.807) is 12.1 Å². The lowest BCUT2D eigenvalue weighted by atomic mass is 10.1. The van der Waals surface area contributed by atoms with E-state index in [2.05, 4.69) is 19.9 Å². The Hall–Kier alpha value is -2.09. The molecule has 2 N–H and O–H groups in total. The first-order chi connectivity index (χ1) is 8.94. The number of nitrogens with zero attached hydrogens (tertiary/aromatic N) is 2. The second kappa shape index (κ2) is 4.88. The highest BCUT2D eigenvalue weighted by Gasteiger charge is 2.21. The molecular weight excluding hydrogens is 268 g/mol. The number of sulfonamides is 1. The van der Waals surface area contributed by atoms with E-state index < -0.39 is 10.0 Å². The normalized spacial score (nSPS) is 11.3. The quantitative estimate of drug-likeness (QED) is 0.879. The van der Waals surface area contributed by atoms with E-state index in [9.17, 15) is 8.42 Å². The first kappa shape index (κ1) is 13.3. The molecule has 2 rings (SSSR count). The van der Waals surface area contributed by atoms with Crippen LogP contribution in [0.4, 0.5) is 5.95 Å². The number of nitrogens with one attached hydrogen (secondary N) is 2. The van der Waals surface area contributed by atoms with Crippen molar-refractivity contribution >= 4 is 16.0 Å². The van der Waals surface area contributed by atoms with E-state index in [4.69, 9.17) is 4.74 Å². The number of aromatic amines is 1. The molecule has 0 saturated carbocycles. The zero-order chi connectivity index (χ0) is 14.0. The molecule has 0 aliphatic carbocycles. The zero-order valence-electron chi connectivity index (χ0n) is 10.8.